The number of hydrogen-bond donors (Lipinski definition) is 2. The number of nitrogens with one attached hydrogen (secondary N) is 1. The molecule has 0 aliphatic carbocycles. The second-order valence-electron chi connectivity index (χ2n) is 4.27. The van der Waals surface area contributed by atoms with Crippen LogP contribution >= 0.6 is 34.5 Å². The van der Waals surface area contributed by atoms with Crippen LogP contribution in [0.25, 0.3) is 10.1 Å². The van der Waals surface area contributed by atoms with Crippen molar-refractivity contribution < 1.29 is 4.79 Å². The zero-order chi connectivity index (χ0) is 15.0. The normalized spacial score (nSPS) is 10.8. The molecule has 1 amide bonds. The minimum atomic E-state index is -0.344. The fraction of sp³-hybridized carbons (Fsp3) is 0. The first-order valence-corrected chi connectivity index (χ1v) is 7.52. The van der Waals surface area contributed by atoms with Crippen LogP contribution in [0.5, 0.6) is 0 Å². The van der Waals surface area contributed by atoms with Gasteiger partial charge in [0.25, 0.3) is 5.91 Å². The average Bonchev–Trinajstić information content (AvgIpc) is 2.81. The van der Waals surface area contributed by atoms with Crippen molar-refractivity contribution in [2.45, 2.75) is 0 Å². The molecule has 106 valence electrons. The average molecular weight is 338 g/mol. The Morgan fingerprint density at radius 2 is 1.95 bits per heavy atom. The van der Waals surface area contributed by atoms with Crippen molar-refractivity contribution in [1.29, 1.82) is 0 Å². The predicted octanol–water partition coefficient (Wildman–Crippen LogP) is 4.44. The van der Waals surface area contributed by atoms with E-state index in [1.165, 1.54) is 11.3 Å². The highest BCUT2D eigenvalue weighted by Crippen LogP contribution is 2.35. The summed E-state index contributed by atoms with van der Waals surface area (Å²) in [6.07, 6.45) is 3.31. The fourth-order valence-corrected chi connectivity index (χ4v) is 3.40. The molecule has 0 unspecified atom stereocenters. The third-order valence-electron chi connectivity index (χ3n) is 2.94. The SMILES string of the molecule is Nc1c(C(=O)Nc2c(Cl)cccc2Cl)sc2cnccc12. The summed E-state index contributed by atoms with van der Waals surface area (Å²) < 4.78 is 0.852. The number of hydrogen-bond acceptors (Lipinski definition) is 4. The third kappa shape index (κ3) is 2.55. The number of amides is 1. The molecular weight excluding hydrogens is 329 g/mol. The molecule has 3 N–H and O–H groups in total. The van der Waals surface area contributed by atoms with E-state index in [2.05, 4.69) is 10.3 Å². The lowest BCUT2D eigenvalue weighted by Crippen LogP contribution is -2.12. The Labute approximate surface area is 134 Å². The van der Waals surface area contributed by atoms with Gasteiger partial charge in [0.2, 0.25) is 0 Å². The monoisotopic (exact) mass is 337 g/mol. The van der Waals surface area contributed by atoms with Crippen molar-refractivity contribution >= 4 is 61.9 Å². The van der Waals surface area contributed by atoms with Crippen LogP contribution in [0.3, 0.4) is 0 Å². The highest BCUT2D eigenvalue weighted by Gasteiger charge is 2.18. The molecular formula is C14H9Cl2N3OS. The fourth-order valence-electron chi connectivity index (χ4n) is 1.93. The number of halogens is 2. The number of fused-ring (bicyclic) bond motifs is 1. The van der Waals surface area contributed by atoms with Crippen LogP contribution < -0.4 is 11.1 Å². The molecule has 0 spiro atoms. The molecule has 0 aliphatic rings. The van der Waals surface area contributed by atoms with Gasteiger partial charge in [-0.1, -0.05) is 29.3 Å². The summed E-state index contributed by atoms with van der Waals surface area (Å²) in [5.41, 5.74) is 6.83. The summed E-state index contributed by atoms with van der Waals surface area (Å²) in [4.78, 5) is 16.8. The summed E-state index contributed by atoms with van der Waals surface area (Å²) in [5, 5.41) is 4.26. The Balaban J connectivity index is 2.00. The van der Waals surface area contributed by atoms with Gasteiger partial charge in [0, 0.05) is 17.8 Å². The molecule has 7 heteroatoms. The number of pyridine rings is 1. The van der Waals surface area contributed by atoms with E-state index in [-0.39, 0.29) is 5.91 Å². The molecule has 0 aliphatic heterocycles. The van der Waals surface area contributed by atoms with Crippen molar-refractivity contribution in [3.05, 3.63) is 51.6 Å². The second-order valence-corrected chi connectivity index (χ2v) is 6.13. The molecule has 3 rings (SSSR count). The Morgan fingerprint density at radius 3 is 2.62 bits per heavy atom. The quantitative estimate of drug-likeness (QED) is 0.726. The van der Waals surface area contributed by atoms with Crippen LogP contribution in [0.15, 0.2) is 36.7 Å². The number of para-hydroxylation sites is 1. The first-order chi connectivity index (χ1) is 10.1. The maximum atomic E-state index is 12.4. The van der Waals surface area contributed by atoms with Gasteiger partial charge in [-0.25, -0.2) is 0 Å². The van der Waals surface area contributed by atoms with Gasteiger partial charge in [-0.05, 0) is 18.2 Å². The van der Waals surface area contributed by atoms with Crippen LogP contribution in [0, 0.1) is 0 Å². The number of nitrogen functional groups attached to an aromatic ring is 1. The van der Waals surface area contributed by atoms with Crippen molar-refractivity contribution in [3.63, 3.8) is 0 Å². The number of thiophene rings is 1. The van der Waals surface area contributed by atoms with Gasteiger partial charge >= 0.3 is 0 Å². The van der Waals surface area contributed by atoms with Gasteiger partial charge in [-0.2, -0.15) is 0 Å². The maximum Gasteiger partial charge on any atom is 0.267 e. The number of rotatable bonds is 2. The Kier molecular flexibility index (Phi) is 3.71. The van der Waals surface area contributed by atoms with Crippen molar-refractivity contribution in [2.24, 2.45) is 0 Å². The lowest BCUT2D eigenvalue weighted by Gasteiger charge is -2.08. The number of nitrogens with two attached hydrogens (primary N) is 1. The van der Waals surface area contributed by atoms with Crippen LogP contribution in [0.4, 0.5) is 11.4 Å². The number of aromatic nitrogens is 1. The van der Waals surface area contributed by atoms with E-state index in [1.54, 1.807) is 36.7 Å². The highest BCUT2D eigenvalue weighted by molar-refractivity contribution is 7.21. The molecule has 4 nitrogen and oxygen atoms in total. The first-order valence-electron chi connectivity index (χ1n) is 5.95. The smallest absolute Gasteiger partial charge is 0.267 e. The van der Waals surface area contributed by atoms with Gasteiger partial charge < -0.3 is 11.1 Å². The molecule has 3 aromatic rings. The number of benzene rings is 1. The molecule has 21 heavy (non-hydrogen) atoms. The first kappa shape index (κ1) is 14.1. The van der Waals surface area contributed by atoms with Crippen LogP contribution in [-0.4, -0.2) is 10.9 Å². The zero-order valence-corrected chi connectivity index (χ0v) is 12.9. The van der Waals surface area contributed by atoms with Gasteiger partial charge in [-0.3, -0.25) is 9.78 Å². The lowest BCUT2D eigenvalue weighted by molar-refractivity contribution is 0.103. The van der Waals surface area contributed by atoms with E-state index in [9.17, 15) is 4.79 Å². The zero-order valence-electron chi connectivity index (χ0n) is 10.6. The predicted molar refractivity (Wildman–Crippen MR) is 88.4 cm³/mol. The van der Waals surface area contributed by atoms with E-state index >= 15 is 0 Å². The molecule has 0 radical (unpaired) electrons. The Hall–Kier alpha value is -1.82. The van der Waals surface area contributed by atoms with Crippen LogP contribution in [0.1, 0.15) is 9.67 Å². The molecule has 2 aromatic heterocycles. The summed E-state index contributed by atoms with van der Waals surface area (Å²) in [6, 6.07) is 6.79. The summed E-state index contributed by atoms with van der Waals surface area (Å²) in [7, 11) is 0. The second kappa shape index (κ2) is 5.52. The molecule has 0 saturated heterocycles. The minimum Gasteiger partial charge on any atom is -0.397 e. The van der Waals surface area contributed by atoms with Gasteiger partial charge in [-0.15, -0.1) is 11.3 Å². The molecule has 0 bridgehead atoms. The van der Waals surface area contributed by atoms with Crippen LogP contribution in [-0.2, 0) is 0 Å². The van der Waals surface area contributed by atoms with E-state index in [1.807, 2.05) is 0 Å². The number of anilines is 2. The molecule has 0 atom stereocenters. The Bertz CT molecular complexity index is 827. The number of carbonyl (C=O) groups excluding carboxylic acids is 1. The molecule has 2 heterocycles. The summed E-state index contributed by atoms with van der Waals surface area (Å²) >= 11 is 13.4. The van der Waals surface area contributed by atoms with E-state index in [0.717, 1.165) is 10.1 Å². The van der Waals surface area contributed by atoms with Crippen molar-refractivity contribution in [2.75, 3.05) is 11.1 Å². The molecule has 1 aromatic carbocycles. The lowest BCUT2D eigenvalue weighted by atomic mass is 10.2. The standard InChI is InChI=1S/C14H9Cl2N3OS/c15-8-2-1-3-9(16)12(8)19-14(20)13-11(17)7-4-5-18-6-10(7)21-13/h1-6H,17H2,(H,19,20). The van der Waals surface area contributed by atoms with Crippen molar-refractivity contribution in [1.82, 2.24) is 4.98 Å². The highest BCUT2D eigenvalue weighted by atomic mass is 35.5. The summed E-state index contributed by atoms with van der Waals surface area (Å²) in [5.74, 6) is -0.344. The van der Waals surface area contributed by atoms with E-state index in [4.69, 9.17) is 28.9 Å². The third-order valence-corrected chi connectivity index (χ3v) is 4.72. The maximum absolute atomic E-state index is 12.4. The summed E-state index contributed by atoms with van der Waals surface area (Å²) in [6.45, 7) is 0. The number of nitrogens with zero attached hydrogens (tertiary/aromatic N) is 1. The van der Waals surface area contributed by atoms with Gasteiger partial charge in [0.05, 0.1) is 26.1 Å². The van der Waals surface area contributed by atoms with Gasteiger partial charge in [0.1, 0.15) is 4.88 Å². The topological polar surface area (TPSA) is 68.0 Å². The minimum absolute atomic E-state index is 0.344. The van der Waals surface area contributed by atoms with E-state index < -0.39 is 0 Å². The molecule has 0 fully saturated rings. The molecule has 0 saturated carbocycles. The Morgan fingerprint density at radius 1 is 1.24 bits per heavy atom. The van der Waals surface area contributed by atoms with E-state index in [0.29, 0.717) is 26.3 Å². The number of carbonyl (C=O) groups is 1. The van der Waals surface area contributed by atoms with Gasteiger partial charge in [0.15, 0.2) is 0 Å². The largest absolute Gasteiger partial charge is 0.397 e. The van der Waals surface area contributed by atoms with Crippen LogP contribution in [0.2, 0.25) is 10.0 Å². The van der Waals surface area contributed by atoms with Crippen molar-refractivity contribution in [3.8, 4) is 0 Å².